The Balaban J connectivity index is 1.87. The van der Waals surface area contributed by atoms with E-state index in [0.717, 1.165) is 11.1 Å². The third kappa shape index (κ3) is 3.65. The average molecular weight is 398 g/mol. The molecular formula is C25H19O3P. The molecule has 142 valence electrons. The number of carboxylic acids is 1. The molecule has 1 unspecified atom stereocenters. The number of rotatable bonds is 5. The molecule has 0 heterocycles. The second-order valence-corrected chi connectivity index (χ2v) is 9.48. The predicted molar refractivity (Wildman–Crippen MR) is 118 cm³/mol. The minimum Gasteiger partial charge on any atom is -0.478 e. The van der Waals surface area contributed by atoms with Crippen molar-refractivity contribution in [3.63, 3.8) is 0 Å². The lowest BCUT2D eigenvalue weighted by Gasteiger charge is -2.20. The quantitative estimate of drug-likeness (QED) is 0.496. The summed E-state index contributed by atoms with van der Waals surface area (Å²) in [4.78, 5) is 11.5. The molecule has 0 aliphatic carbocycles. The Morgan fingerprint density at radius 1 is 0.586 bits per heavy atom. The number of carbonyl (C=O) groups is 1. The fourth-order valence-electron chi connectivity index (χ4n) is 3.41. The summed E-state index contributed by atoms with van der Waals surface area (Å²) in [6, 6.07) is 33.3. The largest absolute Gasteiger partial charge is 0.478 e. The molecule has 1 N–H and O–H groups in total. The molecule has 4 aromatic rings. The van der Waals surface area contributed by atoms with Gasteiger partial charge >= 0.3 is 5.97 Å². The van der Waals surface area contributed by atoms with Crippen LogP contribution in [-0.2, 0) is 4.57 Å². The van der Waals surface area contributed by atoms with Crippen LogP contribution in [0.5, 0.6) is 0 Å². The van der Waals surface area contributed by atoms with Gasteiger partial charge < -0.3 is 9.67 Å². The molecule has 0 bridgehead atoms. The Morgan fingerprint density at radius 3 is 1.72 bits per heavy atom. The number of carboxylic acid groups (broad SMARTS) is 1. The van der Waals surface area contributed by atoms with Gasteiger partial charge in [-0.1, -0.05) is 97.1 Å². The van der Waals surface area contributed by atoms with Gasteiger partial charge in [-0.15, -0.1) is 0 Å². The van der Waals surface area contributed by atoms with Gasteiger partial charge in [0.05, 0.1) is 5.56 Å². The first-order chi connectivity index (χ1) is 14.1. The maximum absolute atomic E-state index is 14.4. The van der Waals surface area contributed by atoms with Gasteiger partial charge in [-0.05, 0) is 23.3 Å². The van der Waals surface area contributed by atoms with Crippen LogP contribution in [0.4, 0.5) is 0 Å². The molecule has 0 aliphatic rings. The number of hydrogen-bond acceptors (Lipinski definition) is 2. The molecule has 0 fully saturated rings. The lowest BCUT2D eigenvalue weighted by Crippen LogP contribution is -2.25. The molecule has 0 aliphatic heterocycles. The zero-order valence-corrected chi connectivity index (χ0v) is 16.5. The monoisotopic (exact) mass is 398 g/mol. The van der Waals surface area contributed by atoms with Gasteiger partial charge in [0.25, 0.3) is 0 Å². The van der Waals surface area contributed by atoms with Gasteiger partial charge in [-0.3, -0.25) is 0 Å². The van der Waals surface area contributed by atoms with Crippen molar-refractivity contribution in [2.45, 2.75) is 0 Å². The van der Waals surface area contributed by atoms with E-state index in [-0.39, 0.29) is 5.56 Å². The summed E-state index contributed by atoms with van der Waals surface area (Å²) in [5.74, 6) is -1.04. The summed E-state index contributed by atoms with van der Waals surface area (Å²) >= 11 is 0. The molecular weight excluding hydrogens is 379 g/mol. The van der Waals surface area contributed by atoms with E-state index >= 15 is 0 Å². The van der Waals surface area contributed by atoms with Crippen LogP contribution < -0.4 is 15.9 Å². The van der Waals surface area contributed by atoms with Crippen molar-refractivity contribution in [1.29, 1.82) is 0 Å². The summed E-state index contributed by atoms with van der Waals surface area (Å²) in [6.07, 6.45) is 0. The van der Waals surface area contributed by atoms with E-state index in [0.29, 0.717) is 15.9 Å². The van der Waals surface area contributed by atoms with Crippen molar-refractivity contribution in [2.75, 3.05) is 0 Å². The lowest BCUT2D eigenvalue weighted by molar-refractivity contribution is 0.0697. The number of aromatic carboxylic acids is 1. The third-order valence-corrected chi connectivity index (χ3v) is 7.97. The van der Waals surface area contributed by atoms with Crippen molar-refractivity contribution in [1.82, 2.24) is 0 Å². The molecule has 4 aromatic carbocycles. The van der Waals surface area contributed by atoms with E-state index in [1.54, 1.807) is 12.1 Å². The fraction of sp³-hybridized carbons (Fsp3) is 0. The Kier molecular flexibility index (Phi) is 5.16. The van der Waals surface area contributed by atoms with Crippen molar-refractivity contribution in [3.05, 3.63) is 115 Å². The smallest absolute Gasteiger partial charge is 0.335 e. The van der Waals surface area contributed by atoms with Crippen LogP contribution in [0.3, 0.4) is 0 Å². The van der Waals surface area contributed by atoms with Crippen molar-refractivity contribution < 1.29 is 14.5 Å². The SMILES string of the molecule is O=C(O)c1cccc(P(=O)(c2ccccc2)c2ccc(-c3ccccc3)cc2)c1. The summed E-state index contributed by atoms with van der Waals surface area (Å²) in [6.45, 7) is 0. The molecule has 0 amide bonds. The number of hydrogen-bond donors (Lipinski definition) is 1. The minimum atomic E-state index is -3.22. The highest BCUT2D eigenvalue weighted by Crippen LogP contribution is 2.42. The zero-order valence-electron chi connectivity index (χ0n) is 15.6. The molecule has 0 radical (unpaired) electrons. The summed E-state index contributed by atoms with van der Waals surface area (Å²) in [5, 5.41) is 11.2. The van der Waals surface area contributed by atoms with Gasteiger partial charge in [0.2, 0.25) is 0 Å². The second-order valence-electron chi connectivity index (χ2n) is 6.71. The average Bonchev–Trinajstić information content (AvgIpc) is 2.80. The van der Waals surface area contributed by atoms with E-state index in [2.05, 4.69) is 0 Å². The van der Waals surface area contributed by atoms with Gasteiger partial charge in [0, 0.05) is 15.9 Å². The number of benzene rings is 4. The fourth-order valence-corrected chi connectivity index (χ4v) is 6.09. The summed E-state index contributed by atoms with van der Waals surface area (Å²) < 4.78 is 14.4. The van der Waals surface area contributed by atoms with Crippen molar-refractivity contribution in [3.8, 4) is 11.1 Å². The van der Waals surface area contributed by atoms with E-state index in [9.17, 15) is 14.5 Å². The van der Waals surface area contributed by atoms with E-state index in [1.165, 1.54) is 12.1 Å². The molecule has 29 heavy (non-hydrogen) atoms. The van der Waals surface area contributed by atoms with E-state index in [4.69, 9.17) is 0 Å². The minimum absolute atomic E-state index is 0.125. The second kappa shape index (κ2) is 7.90. The van der Waals surface area contributed by atoms with Crippen LogP contribution in [0.2, 0.25) is 0 Å². The molecule has 3 nitrogen and oxygen atoms in total. The van der Waals surface area contributed by atoms with Crippen LogP contribution in [0.15, 0.2) is 109 Å². The highest BCUT2D eigenvalue weighted by Gasteiger charge is 2.30. The third-order valence-electron chi connectivity index (χ3n) is 4.91. The molecule has 0 spiro atoms. The van der Waals surface area contributed by atoms with Gasteiger partial charge in [0.1, 0.15) is 0 Å². The molecule has 4 rings (SSSR count). The maximum Gasteiger partial charge on any atom is 0.335 e. The van der Waals surface area contributed by atoms with E-state index in [1.807, 2.05) is 84.9 Å². The summed E-state index contributed by atoms with van der Waals surface area (Å²) in [5.41, 5.74) is 2.24. The Bertz CT molecular complexity index is 1180. The first-order valence-electron chi connectivity index (χ1n) is 9.25. The van der Waals surface area contributed by atoms with E-state index < -0.39 is 13.1 Å². The zero-order chi connectivity index (χ0) is 20.3. The molecule has 0 saturated carbocycles. The lowest BCUT2D eigenvalue weighted by atomic mass is 10.1. The molecule has 4 heteroatoms. The Morgan fingerprint density at radius 2 is 1.10 bits per heavy atom. The molecule has 1 atom stereocenters. The van der Waals surface area contributed by atoms with Crippen LogP contribution in [0.25, 0.3) is 11.1 Å². The van der Waals surface area contributed by atoms with Gasteiger partial charge in [-0.25, -0.2) is 4.79 Å². The van der Waals surface area contributed by atoms with Crippen LogP contribution in [0, 0.1) is 0 Å². The predicted octanol–water partition coefficient (Wildman–Crippen LogP) is 4.69. The molecule has 0 aromatic heterocycles. The Labute approximate surface area is 169 Å². The molecule has 0 saturated heterocycles. The normalized spacial score (nSPS) is 12.8. The summed E-state index contributed by atoms with van der Waals surface area (Å²) in [7, 11) is -3.22. The van der Waals surface area contributed by atoms with Gasteiger partial charge in [0.15, 0.2) is 7.14 Å². The van der Waals surface area contributed by atoms with Crippen LogP contribution in [-0.4, -0.2) is 11.1 Å². The van der Waals surface area contributed by atoms with Crippen molar-refractivity contribution in [2.24, 2.45) is 0 Å². The first kappa shape index (κ1) is 18.9. The Hall–Kier alpha value is -3.42. The van der Waals surface area contributed by atoms with Crippen LogP contribution >= 0.6 is 7.14 Å². The first-order valence-corrected chi connectivity index (χ1v) is 11.0. The highest BCUT2D eigenvalue weighted by molar-refractivity contribution is 7.85. The highest BCUT2D eigenvalue weighted by atomic mass is 31.2. The topological polar surface area (TPSA) is 54.4 Å². The van der Waals surface area contributed by atoms with Gasteiger partial charge in [-0.2, -0.15) is 0 Å². The standard InChI is InChI=1S/C25H19O3P/c26-25(27)21-10-7-13-24(18-21)29(28,22-11-5-2-6-12-22)23-16-14-20(15-17-23)19-8-3-1-4-9-19/h1-18H,(H,26,27). The van der Waals surface area contributed by atoms with Crippen molar-refractivity contribution >= 4 is 29.0 Å². The maximum atomic E-state index is 14.4. The van der Waals surface area contributed by atoms with Crippen LogP contribution in [0.1, 0.15) is 10.4 Å².